The molecule has 0 aliphatic carbocycles. The lowest BCUT2D eigenvalue weighted by molar-refractivity contribution is -0.129. The normalized spacial score (nSPS) is 15.8. The Kier molecular flexibility index (Phi) is 4.74. The lowest BCUT2D eigenvalue weighted by atomic mass is 10.0. The number of carbonyl (C=O) groups is 2. The molecule has 1 aliphatic rings. The smallest absolute Gasteiger partial charge is 0.252 e. The van der Waals surface area contributed by atoms with E-state index in [0.717, 1.165) is 29.6 Å². The van der Waals surface area contributed by atoms with Gasteiger partial charge >= 0.3 is 0 Å². The van der Waals surface area contributed by atoms with Crippen molar-refractivity contribution < 1.29 is 9.59 Å². The molecule has 0 bridgehead atoms. The zero-order valence-electron chi connectivity index (χ0n) is 15.2. The minimum atomic E-state index is -0.0971. The van der Waals surface area contributed by atoms with Gasteiger partial charge in [-0.1, -0.05) is 0 Å². The average Bonchev–Trinajstić information content (AvgIpc) is 2.98. The van der Waals surface area contributed by atoms with Crippen molar-refractivity contribution in [3.8, 4) is 0 Å². The summed E-state index contributed by atoms with van der Waals surface area (Å²) in [6, 6.07) is 2.08. The van der Waals surface area contributed by atoms with E-state index in [-0.39, 0.29) is 23.9 Å². The zero-order valence-corrected chi connectivity index (χ0v) is 15.2. The van der Waals surface area contributed by atoms with Gasteiger partial charge in [0.15, 0.2) is 5.65 Å². The molecule has 3 heterocycles. The summed E-state index contributed by atoms with van der Waals surface area (Å²) in [4.78, 5) is 30.6. The molecule has 1 N–H and O–H groups in total. The fourth-order valence-corrected chi connectivity index (χ4v) is 3.31. The van der Waals surface area contributed by atoms with E-state index < -0.39 is 0 Å². The Balaban J connectivity index is 1.80. The number of fused-ring (bicyclic) bond motifs is 1. The number of hydrogen-bond donors (Lipinski definition) is 1. The number of pyridine rings is 1. The largest absolute Gasteiger partial charge is 0.349 e. The number of amides is 2. The average molecular weight is 343 g/mol. The van der Waals surface area contributed by atoms with E-state index in [0.29, 0.717) is 18.7 Å². The first kappa shape index (κ1) is 17.4. The van der Waals surface area contributed by atoms with E-state index in [9.17, 15) is 9.59 Å². The number of nitrogens with zero attached hydrogens (tertiary/aromatic N) is 4. The highest BCUT2D eigenvalue weighted by molar-refractivity contribution is 6.05. The summed E-state index contributed by atoms with van der Waals surface area (Å²) in [5, 5.41) is 8.27. The van der Waals surface area contributed by atoms with Crippen LogP contribution in [0.2, 0.25) is 0 Å². The maximum atomic E-state index is 12.8. The van der Waals surface area contributed by atoms with Crippen LogP contribution in [0.3, 0.4) is 0 Å². The summed E-state index contributed by atoms with van der Waals surface area (Å²) in [7, 11) is 0. The fraction of sp³-hybridized carbons (Fsp3) is 0.556. The van der Waals surface area contributed by atoms with Crippen LogP contribution in [0.25, 0.3) is 11.0 Å². The van der Waals surface area contributed by atoms with Crippen LogP contribution in [0.1, 0.15) is 55.7 Å². The lowest BCUT2D eigenvalue weighted by Crippen LogP contribution is -2.46. The molecule has 2 amide bonds. The van der Waals surface area contributed by atoms with Crippen molar-refractivity contribution in [2.24, 2.45) is 0 Å². The van der Waals surface area contributed by atoms with Gasteiger partial charge in [0.2, 0.25) is 5.91 Å². The standard InChI is InChI=1S/C18H25N5O2/c1-11(2)23-17-16(10-19-23)15(9-12(3)20-17)18(25)21-14-5-7-22(8-6-14)13(4)24/h9-11,14H,5-8H2,1-4H3,(H,21,25). The topological polar surface area (TPSA) is 80.1 Å². The molecule has 0 saturated carbocycles. The highest BCUT2D eigenvalue weighted by atomic mass is 16.2. The van der Waals surface area contributed by atoms with Crippen LogP contribution in [-0.2, 0) is 4.79 Å². The minimum absolute atomic E-state index is 0.0896. The summed E-state index contributed by atoms with van der Waals surface area (Å²) in [5.74, 6) is -0.00238. The molecule has 2 aromatic heterocycles. The van der Waals surface area contributed by atoms with Gasteiger partial charge in [-0.3, -0.25) is 9.59 Å². The summed E-state index contributed by atoms with van der Waals surface area (Å²) in [6.07, 6.45) is 3.28. The molecule has 2 aromatic rings. The molecule has 0 spiro atoms. The van der Waals surface area contributed by atoms with Crippen molar-refractivity contribution in [3.05, 3.63) is 23.5 Å². The summed E-state index contributed by atoms with van der Waals surface area (Å²) < 4.78 is 1.84. The highest BCUT2D eigenvalue weighted by Gasteiger charge is 2.24. The summed E-state index contributed by atoms with van der Waals surface area (Å²) in [6.45, 7) is 8.94. The zero-order chi connectivity index (χ0) is 18.1. The van der Waals surface area contributed by atoms with E-state index in [4.69, 9.17) is 0 Å². The molecule has 0 atom stereocenters. The Morgan fingerprint density at radius 2 is 1.96 bits per heavy atom. The lowest BCUT2D eigenvalue weighted by Gasteiger charge is -2.31. The maximum absolute atomic E-state index is 12.8. The number of carbonyl (C=O) groups excluding carboxylic acids is 2. The Hall–Kier alpha value is -2.44. The second-order valence-electron chi connectivity index (χ2n) is 6.99. The molecule has 3 rings (SSSR count). The van der Waals surface area contributed by atoms with Crippen LogP contribution >= 0.6 is 0 Å². The predicted molar refractivity (Wildman–Crippen MR) is 95.4 cm³/mol. The molecule has 1 saturated heterocycles. The van der Waals surface area contributed by atoms with Gasteiger partial charge < -0.3 is 10.2 Å². The molecule has 0 radical (unpaired) electrons. The van der Waals surface area contributed by atoms with Crippen molar-refractivity contribution in [1.29, 1.82) is 0 Å². The van der Waals surface area contributed by atoms with Crippen LogP contribution in [0.15, 0.2) is 12.3 Å². The van der Waals surface area contributed by atoms with Crippen LogP contribution in [-0.4, -0.2) is 50.6 Å². The number of aryl methyl sites for hydroxylation is 1. The first-order valence-corrected chi connectivity index (χ1v) is 8.78. The Morgan fingerprint density at radius 3 is 2.56 bits per heavy atom. The SMILES string of the molecule is CC(=O)N1CCC(NC(=O)c2cc(C)nc3c2cnn3C(C)C)CC1. The Morgan fingerprint density at radius 1 is 1.28 bits per heavy atom. The summed E-state index contributed by atoms with van der Waals surface area (Å²) >= 11 is 0. The molecular formula is C18H25N5O2. The minimum Gasteiger partial charge on any atom is -0.349 e. The van der Waals surface area contributed by atoms with Gasteiger partial charge in [-0.15, -0.1) is 0 Å². The van der Waals surface area contributed by atoms with Crippen LogP contribution < -0.4 is 5.32 Å². The number of rotatable bonds is 3. The predicted octanol–water partition coefficient (Wildman–Crippen LogP) is 2.06. The second-order valence-corrected chi connectivity index (χ2v) is 6.99. The first-order valence-electron chi connectivity index (χ1n) is 8.78. The fourth-order valence-electron chi connectivity index (χ4n) is 3.31. The van der Waals surface area contributed by atoms with E-state index in [1.165, 1.54) is 0 Å². The molecular weight excluding hydrogens is 318 g/mol. The van der Waals surface area contributed by atoms with Gasteiger partial charge in [0, 0.05) is 37.8 Å². The first-order chi connectivity index (χ1) is 11.9. The number of likely N-dealkylation sites (tertiary alicyclic amines) is 1. The Labute approximate surface area is 147 Å². The van der Waals surface area contributed by atoms with Crippen molar-refractivity contribution in [3.63, 3.8) is 0 Å². The van der Waals surface area contributed by atoms with E-state index in [2.05, 4.69) is 15.4 Å². The van der Waals surface area contributed by atoms with Crippen LogP contribution in [0.5, 0.6) is 0 Å². The Bertz CT molecular complexity index is 803. The van der Waals surface area contributed by atoms with Crippen LogP contribution in [0, 0.1) is 6.92 Å². The molecule has 1 fully saturated rings. The van der Waals surface area contributed by atoms with E-state index >= 15 is 0 Å². The third-order valence-corrected chi connectivity index (χ3v) is 4.70. The van der Waals surface area contributed by atoms with Gasteiger partial charge in [0.25, 0.3) is 5.91 Å². The monoisotopic (exact) mass is 343 g/mol. The third-order valence-electron chi connectivity index (χ3n) is 4.70. The number of hydrogen-bond acceptors (Lipinski definition) is 4. The van der Waals surface area contributed by atoms with Crippen molar-refractivity contribution in [1.82, 2.24) is 25.0 Å². The molecule has 7 nitrogen and oxygen atoms in total. The molecule has 25 heavy (non-hydrogen) atoms. The molecule has 0 aromatic carbocycles. The third kappa shape index (κ3) is 3.50. The van der Waals surface area contributed by atoms with Gasteiger partial charge in [-0.25, -0.2) is 9.67 Å². The van der Waals surface area contributed by atoms with Crippen LogP contribution in [0.4, 0.5) is 0 Å². The highest BCUT2D eigenvalue weighted by Crippen LogP contribution is 2.21. The number of aromatic nitrogens is 3. The molecule has 0 unspecified atom stereocenters. The van der Waals surface area contributed by atoms with Gasteiger partial charge in [0.1, 0.15) is 0 Å². The van der Waals surface area contributed by atoms with E-state index in [1.807, 2.05) is 36.4 Å². The number of piperidine rings is 1. The van der Waals surface area contributed by atoms with Crippen molar-refractivity contribution in [2.45, 2.75) is 52.6 Å². The van der Waals surface area contributed by atoms with Gasteiger partial charge in [0.05, 0.1) is 17.1 Å². The second kappa shape index (κ2) is 6.82. The molecule has 1 aliphatic heterocycles. The quantitative estimate of drug-likeness (QED) is 0.925. The maximum Gasteiger partial charge on any atom is 0.252 e. The number of nitrogens with one attached hydrogen (secondary N) is 1. The van der Waals surface area contributed by atoms with E-state index in [1.54, 1.807) is 13.1 Å². The van der Waals surface area contributed by atoms with Crippen molar-refractivity contribution >= 4 is 22.8 Å². The van der Waals surface area contributed by atoms with Gasteiger partial charge in [-0.2, -0.15) is 5.10 Å². The van der Waals surface area contributed by atoms with Gasteiger partial charge in [-0.05, 0) is 39.7 Å². The van der Waals surface area contributed by atoms with Crippen molar-refractivity contribution in [2.75, 3.05) is 13.1 Å². The molecule has 7 heteroatoms. The summed E-state index contributed by atoms with van der Waals surface area (Å²) in [5.41, 5.74) is 2.15. The molecule has 134 valence electrons.